The number of allylic oxidation sites excluding steroid dienone is 2. The van der Waals surface area contributed by atoms with Crippen molar-refractivity contribution in [2.75, 3.05) is 5.32 Å². The summed E-state index contributed by atoms with van der Waals surface area (Å²) in [4.78, 5) is 49.1. The maximum Gasteiger partial charge on any atom is 0.335 e. The number of Topliss-reactive ketones (excluding diaryl/α,β-unsaturated/α-hetero) is 1. The first-order valence-electron chi connectivity index (χ1n) is 8.76. The van der Waals surface area contributed by atoms with Crippen LogP contribution in [-0.2, 0) is 14.4 Å². The molecule has 0 radical (unpaired) electrons. The predicted octanol–water partition coefficient (Wildman–Crippen LogP) is 3.21. The van der Waals surface area contributed by atoms with Crippen LogP contribution in [0.5, 0.6) is 0 Å². The lowest BCUT2D eigenvalue weighted by atomic mass is 9.68. The van der Waals surface area contributed by atoms with E-state index in [0.717, 1.165) is 5.56 Å². The van der Waals surface area contributed by atoms with Crippen LogP contribution in [0.4, 0.5) is 5.69 Å². The van der Waals surface area contributed by atoms with Crippen LogP contribution in [0.1, 0.15) is 35.2 Å². The fraction of sp³-hybridized carbons (Fsp3) is 0.182. The van der Waals surface area contributed by atoms with Crippen molar-refractivity contribution in [3.05, 3.63) is 77.9 Å². The van der Waals surface area contributed by atoms with E-state index in [9.17, 15) is 19.2 Å². The first-order chi connectivity index (χ1) is 13.3. The molecule has 0 saturated heterocycles. The Morgan fingerprint density at radius 2 is 1.79 bits per heavy atom. The van der Waals surface area contributed by atoms with Gasteiger partial charge in [0.2, 0.25) is 5.91 Å². The summed E-state index contributed by atoms with van der Waals surface area (Å²) in [5.74, 6) is -2.99. The lowest BCUT2D eigenvalue weighted by Crippen LogP contribution is -2.43. The molecule has 142 valence electrons. The Kier molecular flexibility index (Phi) is 5.22. The van der Waals surface area contributed by atoms with Gasteiger partial charge in [-0.1, -0.05) is 42.5 Å². The van der Waals surface area contributed by atoms with Crippen LogP contribution in [0.3, 0.4) is 0 Å². The minimum Gasteiger partial charge on any atom is -0.478 e. The van der Waals surface area contributed by atoms with Gasteiger partial charge in [0.05, 0.1) is 16.9 Å². The lowest BCUT2D eigenvalue weighted by molar-refractivity contribution is -0.141. The standard InChI is InChI=1S/C22H19NO5/c1-22(13-19(25)23-16-9-5-8-15(12-16)21(27)28)18(24)11-10-17(20(22)26)14-6-3-2-4-7-14/h2-12,17H,13H2,1H3,(H,23,25)(H,27,28). The fourth-order valence-corrected chi connectivity index (χ4v) is 3.27. The van der Waals surface area contributed by atoms with E-state index >= 15 is 0 Å². The van der Waals surface area contributed by atoms with Gasteiger partial charge < -0.3 is 10.4 Å². The van der Waals surface area contributed by atoms with Gasteiger partial charge in [0, 0.05) is 12.1 Å². The Labute approximate surface area is 161 Å². The SMILES string of the molecule is CC1(CC(=O)Nc2cccc(C(=O)O)c2)C(=O)C=CC(c2ccccc2)C1=O. The summed E-state index contributed by atoms with van der Waals surface area (Å²) >= 11 is 0. The number of hydrogen-bond donors (Lipinski definition) is 2. The van der Waals surface area contributed by atoms with E-state index in [1.807, 2.05) is 18.2 Å². The van der Waals surface area contributed by atoms with Gasteiger partial charge in [0.1, 0.15) is 0 Å². The number of ketones is 2. The van der Waals surface area contributed by atoms with Gasteiger partial charge in [-0.25, -0.2) is 4.79 Å². The number of amides is 1. The summed E-state index contributed by atoms with van der Waals surface area (Å²) in [5, 5.41) is 11.6. The van der Waals surface area contributed by atoms with Crippen molar-refractivity contribution in [2.24, 2.45) is 5.41 Å². The molecule has 0 heterocycles. The third-order valence-corrected chi connectivity index (χ3v) is 4.88. The van der Waals surface area contributed by atoms with Gasteiger partial charge in [0.15, 0.2) is 11.6 Å². The van der Waals surface area contributed by atoms with E-state index in [1.165, 1.54) is 31.2 Å². The summed E-state index contributed by atoms with van der Waals surface area (Å²) in [6, 6.07) is 14.8. The summed E-state index contributed by atoms with van der Waals surface area (Å²) in [7, 11) is 0. The van der Waals surface area contributed by atoms with Crippen molar-refractivity contribution >= 4 is 29.1 Å². The third-order valence-electron chi connectivity index (χ3n) is 4.88. The molecule has 2 aromatic rings. The van der Waals surface area contributed by atoms with Crippen LogP contribution in [0.15, 0.2) is 66.7 Å². The van der Waals surface area contributed by atoms with Crippen molar-refractivity contribution in [3.8, 4) is 0 Å². The minimum absolute atomic E-state index is 0.0286. The Bertz CT molecular complexity index is 979. The van der Waals surface area contributed by atoms with Crippen LogP contribution in [0, 0.1) is 5.41 Å². The first kappa shape index (κ1) is 19.2. The maximum absolute atomic E-state index is 13.1. The molecule has 0 aliphatic heterocycles. The Balaban J connectivity index is 1.80. The number of hydrogen-bond acceptors (Lipinski definition) is 4. The van der Waals surface area contributed by atoms with Gasteiger partial charge in [-0.3, -0.25) is 14.4 Å². The average molecular weight is 377 g/mol. The van der Waals surface area contributed by atoms with Gasteiger partial charge in [-0.2, -0.15) is 0 Å². The van der Waals surface area contributed by atoms with Crippen molar-refractivity contribution in [1.82, 2.24) is 0 Å². The van der Waals surface area contributed by atoms with Crippen LogP contribution < -0.4 is 5.32 Å². The number of anilines is 1. The molecule has 1 aliphatic carbocycles. The molecule has 2 aromatic carbocycles. The van der Waals surface area contributed by atoms with Crippen LogP contribution in [0.2, 0.25) is 0 Å². The van der Waals surface area contributed by atoms with Gasteiger partial charge in [-0.05, 0) is 36.8 Å². The largest absolute Gasteiger partial charge is 0.478 e. The number of nitrogens with one attached hydrogen (secondary N) is 1. The average Bonchev–Trinajstić information content (AvgIpc) is 2.67. The molecule has 2 N–H and O–H groups in total. The minimum atomic E-state index is -1.48. The molecule has 3 rings (SSSR count). The molecular weight excluding hydrogens is 358 g/mol. The quantitative estimate of drug-likeness (QED) is 0.779. The molecule has 1 amide bonds. The van der Waals surface area contributed by atoms with E-state index in [0.29, 0.717) is 5.69 Å². The normalized spacial score (nSPS) is 21.4. The zero-order valence-corrected chi connectivity index (χ0v) is 15.2. The number of carbonyl (C=O) groups excluding carboxylic acids is 3. The number of aromatic carboxylic acids is 1. The Hall–Kier alpha value is -3.54. The van der Waals surface area contributed by atoms with Crippen LogP contribution in [-0.4, -0.2) is 28.5 Å². The monoisotopic (exact) mass is 377 g/mol. The Morgan fingerprint density at radius 3 is 2.46 bits per heavy atom. The predicted molar refractivity (Wildman–Crippen MR) is 103 cm³/mol. The highest BCUT2D eigenvalue weighted by atomic mass is 16.4. The zero-order chi connectivity index (χ0) is 20.3. The number of carboxylic acids is 1. The summed E-state index contributed by atoms with van der Waals surface area (Å²) in [6.07, 6.45) is 2.60. The van der Waals surface area contributed by atoms with E-state index in [2.05, 4.69) is 5.32 Å². The van der Waals surface area contributed by atoms with Gasteiger partial charge in [0.25, 0.3) is 0 Å². The van der Waals surface area contributed by atoms with Gasteiger partial charge >= 0.3 is 5.97 Å². The second-order valence-electron chi connectivity index (χ2n) is 6.92. The topological polar surface area (TPSA) is 101 Å². The van der Waals surface area contributed by atoms with Crippen molar-refractivity contribution < 1.29 is 24.3 Å². The van der Waals surface area contributed by atoms with Crippen LogP contribution >= 0.6 is 0 Å². The van der Waals surface area contributed by atoms with Crippen molar-refractivity contribution in [3.63, 3.8) is 0 Å². The molecule has 0 bridgehead atoms. The summed E-state index contributed by atoms with van der Waals surface area (Å²) in [5.41, 5.74) is -0.402. The van der Waals surface area contributed by atoms with E-state index in [1.54, 1.807) is 24.3 Å². The second-order valence-corrected chi connectivity index (χ2v) is 6.92. The molecule has 6 nitrogen and oxygen atoms in total. The smallest absolute Gasteiger partial charge is 0.335 e. The molecule has 0 spiro atoms. The lowest BCUT2D eigenvalue weighted by Gasteiger charge is -2.31. The highest BCUT2D eigenvalue weighted by Gasteiger charge is 2.46. The van der Waals surface area contributed by atoms with Crippen molar-refractivity contribution in [2.45, 2.75) is 19.3 Å². The van der Waals surface area contributed by atoms with Gasteiger partial charge in [-0.15, -0.1) is 0 Å². The highest BCUT2D eigenvalue weighted by molar-refractivity contribution is 6.18. The number of carbonyl (C=O) groups is 4. The molecule has 0 fully saturated rings. The van der Waals surface area contributed by atoms with Crippen LogP contribution in [0.25, 0.3) is 0 Å². The zero-order valence-electron chi connectivity index (χ0n) is 15.2. The fourth-order valence-electron chi connectivity index (χ4n) is 3.27. The molecule has 2 unspecified atom stereocenters. The molecule has 0 saturated carbocycles. The first-order valence-corrected chi connectivity index (χ1v) is 8.76. The second kappa shape index (κ2) is 7.60. The molecule has 2 atom stereocenters. The van der Waals surface area contributed by atoms with E-state index < -0.39 is 29.0 Å². The Morgan fingerprint density at radius 1 is 1.07 bits per heavy atom. The number of benzene rings is 2. The maximum atomic E-state index is 13.1. The van der Waals surface area contributed by atoms with E-state index in [-0.39, 0.29) is 17.8 Å². The number of carboxylic acid groups (broad SMARTS) is 1. The van der Waals surface area contributed by atoms with Crippen molar-refractivity contribution in [1.29, 1.82) is 0 Å². The molecule has 28 heavy (non-hydrogen) atoms. The summed E-state index contributed by atoms with van der Waals surface area (Å²) < 4.78 is 0. The molecule has 0 aromatic heterocycles. The third kappa shape index (κ3) is 3.76. The van der Waals surface area contributed by atoms with E-state index in [4.69, 9.17) is 5.11 Å². The molecular formula is C22H19NO5. The highest BCUT2D eigenvalue weighted by Crippen LogP contribution is 2.37. The summed E-state index contributed by atoms with van der Waals surface area (Å²) in [6.45, 7) is 1.48. The number of rotatable bonds is 5. The molecule has 1 aliphatic rings. The molecule has 6 heteroatoms.